The van der Waals surface area contributed by atoms with E-state index in [4.69, 9.17) is 0 Å². The molecule has 2 unspecified atom stereocenters. The Labute approximate surface area is 129 Å². The summed E-state index contributed by atoms with van der Waals surface area (Å²) in [5.41, 5.74) is -0.210. The Morgan fingerprint density at radius 3 is 2.24 bits per heavy atom. The van der Waals surface area contributed by atoms with E-state index in [1.807, 2.05) is 0 Å². The van der Waals surface area contributed by atoms with Crippen LogP contribution in [-0.2, 0) is 4.79 Å². The van der Waals surface area contributed by atoms with Crippen molar-refractivity contribution in [2.45, 2.75) is 96.3 Å². The zero-order chi connectivity index (χ0) is 15.0. The second-order valence-electron chi connectivity index (χ2n) is 7.97. The van der Waals surface area contributed by atoms with Crippen LogP contribution in [0.5, 0.6) is 0 Å². The van der Waals surface area contributed by atoms with Gasteiger partial charge in [0, 0.05) is 6.04 Å². The number of hydrogen-bond donors (Lipinski definition) is 1. The average molecular weight is 292 g/mol. The Hall–Kier alpha value is -0.570. The van der Waals surface area contributed by atoms with E-state index in [9.17, 15) is 4.79 Å². The summed E-state index contributed by atoms with van der Waals surface area (Å²) in [6.07, 6.45) is 11.4. The van der Waals surface area contributed by atoms with Crippen LogP contribution in [0.15, 0.2) is 0 Å². The first kappa shape index (κ1) is 15.3. The summed E-state index contributed by atoms with van der Waals surface area (Å²) in [5, 5.41) is 3.76. The van der Waals surface area contributed by atoms with Gasteiger partial charge in [-0.25, -0.2) is 0 Å². The van der Waals surface area contributed by atoms with Crippen molar-refractivity contribution >= 4 is 5.91 Å². The summed E-state index contributed by atoms with van der Waals surface area (Å²) in [6, 6.07) is 0.401. The normalized spacial score (nSPS) is 31.5. The van der Waals surface area contributed by atoms with Crippen LogP contribution in [0.2, 0.25) is 0 Å². The second kappa shape index (κ2) is 5.91. The van der Waals surface area contributed by atoms with Crippen LogP contribution in [0.1, 0.15) is 78.6 Å². The number of rotatable bonds is 3. The molecule has 2 aliphatic carbocycles. The summed E-state index contributed by atoms with van der Waals surface area (Å²) >= 11 is 0. The summed E-state index contributed by atoms with van der Waals surface area (Å²) in [4.78, 5) is 15.4. The number of carbonyl (C=O) groups excluding carboxylic acids is 1. The Balaban J connectivity index is 1.81. The van der Waals surface area contributed by atoms with Gasteiger partial charge in [-0.15, -0.1) is 0 Å². The first-order chi connectivity index (χ1) is 10.1. The zero-order valence-electron chi connectivity index (χ0n) is 14.0. The number of nitrogens with zero attached hydrogens (tertiary/aromatic N) is 1. The van der Waals surface area contributed by atoms with Crippen LogP contribution < -0.4 is 5.32 Å². The predicted molar refractivity (Wildman–Crippen MR) is 85.8 cm³/mol. The lowest BCUT2D eigenvalue weighted by Crippen LogP contribution is -2.49. The van der Waals surface area contributed by atoms with Gasteiger partial charge in [0.2, 0.25) is 5.91 Å². The Kier molecular flexibility index (Phi) is 4.31. The lowest BCUT2D eigenvalue weighted by Gasteiger charge is -2.38. The van der Waals surface area contributed by atoms with Gasteiger partial charge in [0.1, 0.15) is 0 Å². The summed E-state index contributed by atoms with van der Waals surface area (Å²) in [5.74, 6) is 1.61. The van der Waals surface area contributed by atoms with E-state index in [2.05, 4.69) is 31.0 Å². The molecule has 3 heteroatoms. The topological polar surface area (TPSA) is 32.3 Å². The third-order valence-corrected chi connectivity index (χ3v) is 6.23. The van der Waals surface area contributed by atoms with E-state index >= 15 is 0 Å². The molecule has 1 amide bonds. The number of hydrogen-bond acceptors (Lipinski definition) is 2. The highest BCUT2D eigenvalue weighted by Gasteiger charge is 2.54. The molecule has 0 aromatic heterocycles. The highest BCUT2D eigenvalue weighted by atomic mass is 16.2. The van der Waals surface area contributed by atoms with Crippen molar-refractivity contribution < 1.29 is 4.79 Å². The monoisotopic (exact) mass is 292 g/mol. The summed E-state index contributed by atoms with van der Waals surface area (Å²) < 4.78 is 0. The van der Waals surface area contributed by atoms with Gasteiger partial charge >= 0.3 is 0 Å². The van der Waals surface area contributed by atoms with Gasteiger partial charge in [-0.3, -0.25) is 10.1 Å². The van der Waals surface area contributed by atoms with Crippen molar-refractivity contribution in [2.24, 2.45) is 11.8 Å². The molecule has 3 fully saturated rings. The van der Waals surface area contributed by atoms with Crippen molar-refractivity contribution in [1.29, 1.82) is 0 Å². The Bertz CT molecular complexity index is 381. The lowest BCUT2D eigenvalue weighted by molar-refractivity contribution is -0.136. The molecule has 2 saturated carbocycles. The van der Waals surface area contributed by atoms with E-state index in [0.29, 0.717) is 23.8 Å². The predicted octanol–water partition coefficient (Wildman–Crippen LogP) is 3.68. The molecule has 2 atom stereocenters. The minimum atomic E-state index is -0.210. The minimum absolute atomic E-state index is 0.210. The molecule has 3 aliphatic rings. The molecule has 1 saturated heterocycles. The molecule has 1 N–H and O–H groups in total. The lowest BCUT2D eigenvalue weighted by atomic mass is 9.83. The standard InChI is InChI=1S/C18H32N2O/c1-13(2)16-19-18(11-7-8-12-18)17(21)20(16)14(3)15-9-5-4-6-10-15/h13-16,19H,4-12H2,1-3H3. The second-order valence-corrected chi connectivity index (χ2v) is 7.97. The fourth-order valence-electron chi connectivity index (χ4n) is 4.89. The van der Waals surface area contributed by atoms with E-state index in [-0.39, 0.29) is 11.7 Å². The van der Waals surface area contributed by atoms with Crippen molar-refractivity contribution in [3.8, 4) is 0 Å². The summed E-state index contributed by atoms with van der Waals surface area (Å²) in [6.45, 7) is 6.80. The quantitative estimate of drug-likeness (QED) is 0.860. The fourth-order valence-corrected chi connectivity index (χ4v) is 4.89. The average Bonchev–Trinajstić information content (AvgIpc) is 3.07. The Morgan fingerprint density at radius 2 is 1.67 bits per heavy atom. The van der Waals surface area contributed by atoms with Gasteiger partial charge in [-0.2, -0.15) is 0 Å². The molecule has 120 valence electrons. The number of nitrogens with one attached hydrogen (secondary N) is 1. The summed E-state index contributed by atoms with van der Waals surface area (Å²) in [7, 11) is 0. The van der Waals surface area contributed by atoms with Gasteiger partial charge < -0.3 is 4.90 Å². The molecule has 0 bridgehead atoms. The molecular weight excluding hydrogens is 260 g/mol. The molecule has 0 aromatic carbocycles. The van der Waals surface area contributed by atoms with Crippen LogP contribution >= 0.6 is 0 Å². The van der Waals surface area contributed by atoms with Crippen LogP contribution in [0.25, 0.3) is 0 Å². The maximum Gasteiger partial charge on any atom is 0.244 e. The smallest absolute Gasteiger partial charge is 0.244 e. The molecule has 21 heavy (non-hydrogen) atoms. The van der Waals surface area contributed by atoms with Gasteiger partial charge in [0.15, 0.2) is 0 Å². The highest BCUT2D eigenvalue weighted by Crippen LogP contribution is 2.41. The molecule has 1 spiro atoms. The molecule has 1 aliphatic heterocycles. The molecule has 3 rings (SSSR count). The third-order valence-electron chi connectivity index (χ3n) is 6.23. The number of amides is 1. The molecule has 3 nitrogen and oxygen atoms in total. The first-order valence-corrected chi connectivity index (χ1v) is 9.16. The van der Waals surface area contributed by atoms with E-state index in [1.54, 1.807) is 0 Å². The van der Waals surface area contributed by atoms with Crippen LogP contribution in [-0.4, -0.2) is 28.6 Å². The molecule has 1 heterocycles. The van der Waals surface area contributed by atoms with E-state index < -0.39 is 0 Å². The van der Waals surface area contributed by atoms with E-state index in [1.165, 1.54) is 44.9 Å². The van der Waals surface area contributed by atoms with Crippen molar-refractivity contribution in [3.63, 3.8) is 0 Å². The van der Waals surface area contributed by atoms with E-state index in [0.717, 1.165) is 12.8 Å². The third kappa shape index (κ3) is 2.62. The fraction of sp³-hybridized carbons (Fsp3) is 0.944. The molecule has 0 aromatic rings. The zero-order valence-corrected chi connectivity index (χ0v) is 14.0. The van der Waals surface area contributed by atoms with Gasteiger partial charge in [0.25, 0.3) is 0 Å². The van der Waals surface area contributed by atoms with Crippen molar-refractivity contribution in [1.82, 2.24) is 10.2 Å². The van der Waals surface area contributed by atoms with Crippen molar-refractivity contribution in [3.05, 3.63) is 0 Å². The minimum Gasteiger partial charge on any atom is -0.322 e. The maximum atomic E-state index is 13.2. The Morgan fingerprint density at radius 1 is 1.05 bits per heavy atom. The van der Waals surface area contributed by atoms with Crippen molar-refractivity contribution in [2.75, 3.05) is 0 Å². The SMILES string of the molecule is CC(C)C1NC2(CCCC2)C(=O)N1C(C)C1CCCCC1. The van der Waals surface area contributed by atoms with Gasteiger partial charge in [0.05, 0.1) is 11.7 Å². The van der Waals surface area contributed by atoms with Gasteiger partial charge in [-0.05, 0) is 44.4 Å². The largest absolute Gasteiger partial charge is 0.322 e. The van der Waals surface area contributed by atoms with Gasteiger partial charge in [-0.1, -0.05) is 46.0 Å². The first-order valence-electron chi connectivity index (χ1n) is 9.16. The van der Waals surface area contributed by atoms with Crippen LogP contribution in [0.3, 0.4) is 0 Å². The molecule has 0 radical (unpaired) electrons. The highest BCUT2D eigenvalue weighted by molar-refractivity contribution is 5.89. The van der Waals surface area contributed by atoms with Crippen LogP contribution in [0, 0.1) is 11.8 Å². The molecular formula is C18H32N2O. The number of carbonyl (C=O) groups is 1. The van der Waals surface area contributed by atoms with Crippen LogP contribution in [0.4, 0.5) is 0 Å². The maximum absolute atomic E-state index is 13.2.